The van der Waals surface area contributed by atoms with Gasteiger partial charge in [-0.3, -0.25) is 4.79 Å². The Hall–Kier alpha value is -1.90. The van der Waals surface area contributed by atoms with Crippen LogP contribution in [0.5, 0.6) is 0 Å². The Labute approximate surface area is 176 Å². The van der Waals surface area contributed by atoms with Crippen LogP contribution in [0.3, 0.4) is 0 Å². The first-order chi connectivity index (χ1) is 13.8. The Kier molecular flexibility index (Phi) is 6.29. The molecule has 0 spiro atoms. The summed E-state index contributed by atoms with van der Waals surface area (Å²) in [5.74, 6) is 2.38. The summed E-state index contributed by atoms with van der Waals surface area (Å²) in [4.78, 5) is 16.3. The number of carbonyl (C=O) groups excluding carboxylic acids is 1. The molecule has 1 aliphatic heterocycles. The van der Waals surface area contributed by atoms with Crippen molar-refractivity contribution in [2.24, 2.45) is 0 Å². The molecule has 8 heteroatoms. The SMILES string of the molecule is CSCc1nnc(SCC(=O)N2c3ccccc3SCC2c2ccccc2)o1. The summed E-state index contributed by atoms with van der Waals surface area (Å²) < 4.78 is 5.59. The highest BCUT2D eigenvalue weighted by Gasteiger charge is 2.32. The molecule has 0 saturated carbocycles. The van der Waals surface area contributed by atoms with Crippen LogP contribution in [0.25, 0.3) is 0 Å². The van der Waals surface area contributed by atoms with Gasteiger partial charge >= 0.3 is 0 Å². The Morgan fingerprint density at radius 1 is 1.18 bits per heavy atom. The van der Waals surface area contributed by atoms with Crippen molar-refractivity contribution in [3.8, 4) is 0 Å². The first kappa shape index (κ1) is 19.4. The highest BCUT2D eigenvalue weighted by atomic mass is 32.2. The van der Waals surface area contributed by atoms with Crippen molar-refractivity contribution in [3.63, 3.8) is 0 Å². The Balaban J connectivity index is 1.56. The maximum Gasteiger partial charge on any atom is 0.277 e. The number of amides is 1. The third-order valence-electron chi connectivity index (χ3n) is 4.32. The minimum Gasteiger partial charge on any atom is -0.415 e. The van der Waals surface area contributed by atoms with E-state index in [1.807, 2.05) is 47.6 Å². The number of fused-ring (bicyclic) bond motifs is 1. The Morgan fingerprint density at radius 3 is 2.79 bits per heavy atom. The Bertz CT molecular complexity index is 949. The fraction of sp³-hybridized carbons (Fsp3) is 0.250. The molecule has 2 heterocycles. The molecule has 2 aromatic carbocycles. The summed E-state index contributed by atoms with van der Waals surface area (Å²) in [6, 6.07) is 18.3. The van der Waals surface area contributed by atoms with E-state index in [2.05, 4.69) is 28.4 Å². The average molecular weight is 430 g/mol. The van der Waals surface area contributed by atoms with Crippen LogP contribution >= 0.6 is 35.3 Å². The second-order valence-corrected chi connectivity index (χ2v) is 9.01. The lowest BCUT2D eigenvalue weighted by Gasteiger charge is -2.37. The molecule has 1 atom stereocenters. The van der Waals surface area contributed by atoms with Gasteiger partial charge in [0.1, 0.15) is 0 Å². The van der Waals surface area contributed by atoms with Crippen LogP contribution in [-0.4, -0.2) is 33.9 Å². The molecule has 0 radical (unpaired) electrons. The quantitative estimate of drug-likeness (QED) is 0.516. The molecule has 5 nitrogen and oxygen atoms in total. The summed E-state index contributed by atoms with van der Waals surface area (Å²) in [6.07, 6.45) is 1.98. The van der Waals surface area contributed by atoms with Crippen molar-refractivity contribution >= 4 is 46.9 Å². The van der Waals surface area contributed by atoms with Gasteiger partial charge in [-0.15, -0.1) is 22.0 Å². The number of anilines is 1. The molecule has 28 heavy (non-hydrogen) atoms. The molecule has 1 amide bonds. The number of rotatable bonds is 6. The van der Waals surface area contributed by atoms with E-state index in [9.17, 15) is 4.79 Å². The number of carbonyl (C=O) groups is 1. The monoisotopic (exact) mass is 429 g/mol. The smallest absolute Gasteiger partial charge is 0.277 e. The van der Waals surface area contributed by atoms with Gasteiger partial charge in [-0.05, 0) is 24.0 Å². The molecule has 1 aliphatic rings. The largest absolute Gasteiger partial charge is 0.415 e. The van der Waals surface area contributed by atoms with E-state index >= 15 is 0 Å². The van der Waals surface area contributed by atoms with Crippen molar-refractivity contribution < 1.29 is 9.21 Å². The molecular formula is C20H19N3O2S3. The summed E-state index contributed by atoms with van der Waals surface area (Å²) in [5.41, 5.74) is 2.11. The summed E-state index contributed by atoms with van der Waals surface area (Å²) in [6.45, 7) is 0. The zero-order valence-corrected chi connectivity index (χ0v) is 17.7. The lowest BCUT2D eigenvalue weighted by Crippen LogP contribution is -2.39. The zero-order chi connectivity index (χ0) is 19.3. The van der Waals surface area contributed by atoms with Gasteiger partial charge in [0.15, 0.2) is 0 Å². The Morgan fingerprint density at radius 2 is 1.96 bits per heavy atom. The number of para-hydroxylation sites is 1. The van der Waals surface area contributed by atoms with Crippen molar-refractivity contribution in [1.29, 1.82) is 0 Å². The van der Waals surface area contributed by atoms with Gasteiger partial charge in [0.25, 0.3) is 5.22 Å². The van der Waals surface area contributed by atoms with Gasteiger partial charge in [-0.1, -0.05) is 54.2 Å². The van der Waals surface area contributed by atoms with Gasteiger partial charge in [0, 0.05) is 10.6 Å². The average Bonchev–Trinajstić information content (AvgIpc) is 3.19. The molecule has 0 fully saturated rings. The van der Waals surface area contributed by atoms with Crippen molar-refractivity contribution in [3.05, 3.63) is 66.1 Å². The normalized spacial score (nSPS) is 16.0. The molecule has 1 aromatic heterocycles. The fourth-order valence-corrected chi connectivity index (χ4v) is 5.26. The van der Waals surface area contributed by atoms with Gasteiger partial charge in [-0.25, -0.2) is 0 Å². The first-order valence-electron chi connectivity index (χ1n) is 8.79. The van der Waals surface area contributed by atoms with Crippen molar-refractivity contribution in [1.82, 2.24) is 10.2 Å². The third-order valence-corrected chi connectivity index (χ3v) is 6.80. The molecule has 144 valence electrons. The minimum atomic E-state index is 0.00365. The van der Waals surface area contributed by atoms with Gasteiger partial charge < -0.3 is 9.32 Å². The number of nitrogens with zero attached hydrogens (tertiary/aromatic N) is 3. The predicted molar refractivity (Wildman–Crippen MR) is 116 cm³/mol. The van der Waals surface area contributed by atoms with E-state index in [0.717, 1.165) is 21.9 Å². The molecule has 0 saturated heterocycles. The summed E-state index contributed by atoms with van der Waals surface area (Å²) in [5, 5.41) is 8.48. The van der Waals surface area contributed by atoms with E-state index in [1.54, 1.807) is 23.5 Å². The topological polar surface area (TPSA) is 59.2 Å². The molecule has 0 bridgehead atoms. The number of thioether (sulfide) groups is 3. The molecule has 4 rings (SSSR count). The maximum absolute atomic E-state index is 13.3. The molecular weight excluding hydrogens is 410 g/mol. The van der Waals surface area contributed by atoms with Crippen molar-refractivity contribution in [2.75, 3.05) is 22.7 Å². The van der Waals surface area contributed by atoms with E-state index in [1.165, 1.54) is 11.8 Å². The maximum atomic E-state index is 13.3. The second-order valence-electron chi connectivity index (χ2n) is 6.15. The van der Waals surface area contributed by atoms with Crippen LogP contribution in [-0.2, 0) is 10.5 Å². The highest BCUT2D eigenvalue weighted by Crippen LogP contribution is 2.43. The van der Waals surface area contributed by atoms with Crippen molar-refractivity contribution in [2.45, 2.75) is 21.9 Å². The number of hydrogen-bond donors (Lipinski definition) is 0. The zero-order valence-electron chi connectivity index (χ0n) is 15.3. The van der Waals surface area contributed by atoms with E-state index in [0.29, 0.717) is 16.9 Å². The molecule has 0 N–H and O–H groups in total. The van der Waals surface area contributed by atoms with Crippen LogP contribution in [0.2, 0.25) is 0 Å². The van der Waals surface area contributed by atoms with Crippen LogP contribution in [0, 0.1) is 0 Å². The summed E-state index contributed by atoms with van der Waals surface area (Å²) >= 11 is 4.71. The minimum absolute atomic E-state index is 0.00365. The lowest BCUT2D eigenvalue weighted by atomic mass is 10.1. The first-order valence-corrected chi connectivity index (χ1v) is 12.2. The molecule has 1 unspecified atom stereocenters. The van der Waals surface area contributed by atoms with Gasteiger partial charge in [0.2, 0.25) is 11.8 Å². The van der Waals surface area contributed by atoms with Gasteiger partial charge in [-0.2, -0.15) is 11.8 Å². The highest BCUT2D eigenvalue weighted by molar-refractivity contribution is 8.00. The third kappa shape index (κ3) is 4.24. The van der Waals surface area contributed by atoms with Gasteiger partial charge in [0.05, 0.1) is 23.2 Å². The lowest BCUT2D eigenvalue weighted by molar-refractivity contribution is -0.116. The number of benzene rings is 2. The van der Waals surface area contributed by atoms with Crippen LogP contribution in [0.1, 0.15) is 17.5 Å². The molecule has 3 aromatic rings. The van der Waals surface area contributed by atoms with Crippen LogP contribution < -0.4 is 4.90 Å². The predicted octanol–water partition coefficient (Wildman–Crippen LogP) is 4.90. The van der Waals surface area contributed by atoms with Crippen LogP contribution in [0.4, 0.5) is 5.69 Å². The van der Waals surface area contributed by atoms with E-state index in [-0.39, 0.29) is 17.7 Å². The van der Waals surface area contributed by atoms with E-state index < -0.39 is 0 Å². The summed E-state index contributed by atoms with van der Waals surface area (Å²) in [7, 11) is 0. The second kappa shape index (κ2) is 9.07. The molecule has 0 aliphatic carbocycles. The standard InChI is InChI=1S/C20H19N3O2S3/c1-26-12-18-21-22-20(25-18)28-13-19(24)23-15-9-5-6-10-17(15)27-11-16(23)14-7-3-2-4-8-14/h2-10,16H,11-13H2,1H3. The van der Waals surface area contributed by atoms with Crippen LogP contribution in [0.15, 0.2) is 69.1 Å². The fourth-order valence-electron chi connectivity index (χ4n) is 3.09. The number of hydrogen-bond acceptors (Lipinski definition) is 7. The number of aromatic nitrogens is 2. The van der Waals surface area contributed by atoms with E-state index in [4.69, 9.17) is 4.42 Å².